The first kappa shape index (κ1) is 22.9. The number of pyridine rings is 1. The van der Waals surface area contributed by atoms with Crippen LogP contribution in [0.4, 0.5) is 0 Å². The molecule has 9 heteroatoms. The van der Waals surface area contributed by atoms with Gasteiger partial charge in [-0.1, -0.05) is 12.1 Å². The van der Waals surface area contributed by atoms with E-state index in [9.17, 15) is 9.59 Å². The second-order valence-electron chi connectivity index (χ2n) is 7.40. The van der Waals surface area contributed by atoms with Gasteiger partial charge in [0.1, 0.15) is 10.6 Å². The first-order valence-corrected chi connectivity index (χ1v) is 11.4. The molecule has 1 N–H and O–H groups in total. The molecule has 172 valence electrons. The Labute approximate surface area is 195 Å². The van der Waals surface area contributed by atoms with Gasteiger partial charge in [-0.15, -0.1) is 11.3 Å². The van der Waals surface area contributed by atoms with Gasteiger partial charge in [0.15, 0.2) is 5.75 Å². The number of nitrogens with one attached hydrogen (secondary N) is 1. The van der Waals surface area contributed by atoms with Crippen molar-refractivity contribution in [2.75, 3.05) is 46.5 Å². The van der Waals surface area contributed by atoms with Gasteiger partial charge in [0.25, 0.3) is 0 Å². The van der Waals surface area contributed by atoms with Crippen LogP contribution in [0.15, 0.2) is 48.8 Å². The van der Waals surface area contributed by atoms with Crippen molar-refractivity contribution in [3.63, 3.8) is 0 Å². The maximum atomic E-state index is 12.1. The quantitative estimate of drug-likeness (QED) is 0.401. The highest BCUT2D eigenvalue weighted by molar-refractivity contribution is 7.20. The summed E-state index contributed by atoms with van der Waals surface area (Å²) in [6.07, 6.45) is 6.60. The molecule has 0 spiro atoms. The number of nitrogens with zero attached hydrogens (tertiary/aromatic N) is 2. The number of morpholine rings is 1. The summed E-state index contributed by atoms with van der Waals surface area (Å²) in [6, 6.07) is 9.13. The fraction of sp³-hybridized carbons (Fsp3) is 0.292. The van der Waals surface area contributed by atoms with E-state index in [4.69, 9.17) is 14.2 Å². The molecule has 2 aromatic heterocycles. The van der Waals surface area contributed by atoms with Gasteiger partial charge in [0.2, 0.25) is 5.91 Å². The molecule has 1 aliphatic heterocycles. The first-order chi connectivity index (χ1) is 16.1. The van der Waals surface area contributed by atoms with Crippen LogP contribution in [0.25, 0.3) is 16.2 Å². The monoisotopic (exact) mass is 467 g/mol. The minimum atomic E-state index is -0.386. The zero-order valence-electron chi connectivity index (χ0n) is 18.3. The predicted octanol–water partition coefficient (Wildman–Crippen LogP) is 3.34. The molecule has 4 rings (SSSR count). The highest BCUT2D eigenvalue weighted by atomic mass is 32.1. The standard InChI is InChI=1S/C24H25N3O5S/c1-30-24(29)21-14-19-20(15-25-16-22(19)33-21)32-18-5-2-17(3-6-18)4-7-23(28)26-8-9-27-10-12-31-13-11-27/h2-7,14-16H,8-13H2,1H3,(H,26,28). The van der Waals surface area contributed by atoms with Crippen molar-refractivity contribution in [1.29, 1.82) is 0 Å². The van der Waals surface area contributed by atoms with Crippen molar-refractivity contribution in [1.82, 2.24) is 15.2 Å². The number of ether oxygens (including phenoxy) is 3. The van der Waals surface area contributed by atoms with E-state index in [1.165, 1.54) is 24.5 Å². The topological polar surface area (TPSA) is 90.0 Å². The van der Waals surface area contributed by atoms with Gasteiger partial charge >= 0.3 is 5.97 Å². The molecule has 1 aliphatic rings. The van der Waals surface area contributed by atoms with Gasteiger partial charge in [0, 0.05) is 43.8 Å². The van der Waals surface area contributed by atoms with Crippen molar-refractivity contribution < 1.29 is 23.8 Å². The van der Waals surface area contributed by atoms with Crippen LogP contribution in [0.2, 0.25) is 0 Å². The molecule has 0 atom stereocenters. The van der Waals surface area contributed by atoms with Crippen molar-refractivity contribution in [3.8, 4) is 11.5 Å². The molecule has 0 aliphatic carbocycles. The maximum Gasteiger partial charge on any atom is 0.348 e. The SMILES string of the molecule is COC(=O)c1cc2c(Oc3ccc(C=CC(=O)NCCN4CCOCC4)cc3)cncc2s1. The van der Waals surface area contributed by atoms with Crippen molar-refractivity contribution in [3.05, 3.63) is 59.2 Å². The Kier molecular flexibility index (Phi) is 7.66. The van der Waals surface area contributed by atoms with Crippen LogP contribution in [-0.4, -0.2) is 68.3 Å². The molecule has 1 amide bonds. The third-order valence-corrected chi connectivity index (χ3v) is 6.21. The van der Waals surface area contributed by atoms with E-state index in [0.717, 1.165) is 48.5 Å². The number of aromatic nitrogens is 1. The zero-order chi connectivity index (χ0) is 23.0. The number of hydrogen-bond acceptors (Lipinski definition) is 8. The van der Waals surface area contributed by atoms with E-state index in [-0.39, 0.29) is 11.9 Å². The predicted molar refractivity (Wildman–Crippen MR) is 127 cm³/mol. The van der Waals surface area contributed by atoms with Crippen molar-refractivity contribution in [2.24, 2.45) is 0 Å². The molecule has 8 nitrogen and oxygen atoms in total. The summed E-state index contributed by atoms with van der Waals surface area (Å²) < 4.78 is 16.9. The zero-order valence-corrected chi connectivity index (χ0v) is 19.1. The molecule has 1 fully saturated rings. The molecule has 0 saturated carbocycles. The summed E-state index contributed by atoms with van der Waals surface area (Å²) in [5, 5.41) is 3.70. The van der Waals surface area contributed by atoms with Gasteiger partial charge in [-0.3, -0.25) is 14.7 Å². The number of thiophene rings is 1. The summed E-state index contributed by atoms with van der Waals surface area (Å²) in [6.45, 7) is 4.74. The second-order valence-corrected chi connectivity index (χ2v) is 8.48. The number of fused-ring (bicyclic) bond motifs is 1. The number of amides is 1. The van der Waals surface area contributed by atoms with Crippen LogP contribution in [-0.2, 0) is 14.3 Å². The van der Waals surface area contributed by atoms with Gasteiger partial charge in [-0.2, -0.15) is 0 Å². The fourth-order valence-corrected chi connectivity index (χ4v) is 4.35. The van der Waals surface area contributed by atoms with Crippen LogP contribution >= 0.6 is 11.3 Å². The molecule has 33 heavy (non-hydrogen) atoms. The number of hydrogen-bond donors (Lipinski definition) is 1. The molecule has 0 bridgehead atoms. The molecule has 0 radical (unpaired) electrons. The van der Waals surface area contributed by atoms with Crippen molar-refractivity contribution >= 4 is 39.4 Å². The summed E-state index contributed by atoms with van der Waals surface area (Å²) in [4.78, 5) is 30.8. The van der Waals surface area contributed by atoms with Crippen LogP contribution in [0.5, 0.6) is 11.5 Å². The summed E-state index contributed by atoms with van der Waals surface area (Å²) in [5.74, 6) is 0.674. The summed E-state index contributed by atoms with van der Waals surface area (Å²) in [7, 11) is 1.35. The van der Waals surface area contributed by atoms with E-state index in [2.05, 4.69) is 15.2 Å². The Morgan fingerprint density at radius 1 is 1.21 bits per heavy atom. The Morgan fingerprint density at radius 3 is 2.76 bits per heavy atom. The van der Waals surface area contributed by atoms with Gasteiger partial charge in [-0.25, -0.2) is 4.79 Å². The number of carbonyl (C=O) groups is 2. The maximum absolute atomic E-state index is 12.1. The molecule has 1 aromatic carbocycles. The summed E-state index contributed by atoms with van der Waals surface area (Å²) in [5.41, 5.74) is 0.880. The minimum absolute atomic E-state index is 0.125. The van der Waals surface area contributed by atoms with Crippen LogP contribution in [0, 0.1) is 0 Å². The number of benzene rings is 1. The number of rotatable bonds is 8. The molecular weight excluding hydrogens is 442 g/mol. The number of carbonyl (C=O) groups excluding carboxylic acids is 2. The van der Waals surface area contributed by atoms with E-state index < -0.39 is 0 Å². The van der Waals surface area contributed by atoms with Crippen LogP contribution in [0.1, 0.15) is 15.2 Å². The lowest BCUT2D eigenvalue weighted by Gasteiger charge is -2.26. The summed E-state index contributed by atoms with van der Waals surface area (Å²) >= 11 is 1.31. The van der Waals surface area contributed by atoms with E-state index in [0.29, 0.717) is 22.9 Å². The highest BCUT2D eigenvalue weighted by Crippen LogP contribution is 2.34. The minimum Gasteiger partial charge on any atom is -0.465 e. The van der Waals surface area contributed by atoms with E-state index in [1.807, 2.05) is 24.3 Å². The Morgan fingerprint density at radius 2 is 2.00 bits per heavy atom. The molecule has 1 saturated heterocycles. The molecule has 0 unspecified atom stereocenters. The number of methoxy groups -OCH3 is 1. The Hall–Kier alpha value is -3.27. The lowest BCUT2D eigenvalue weighted by atomic mass is 10.2. The average Bonchev–Trinajstić information content (AvgIpc) is 3.29. The lowest BCUT2D eigenvalue weighted by Crippen LogP contribution is -2.41. The third-order valence-electron chi connectivity index (χ3n) is 5.16. The average molecular weight is 468 g/mol. The smallest absolute Gasteiger partial charge is 0.348 e. The van der Waals surface area contributed by atoms with Gasteiger partial charge < -0.3 is 19.5 Å². The first-order valence-electron chi connectivity index (χ1n) is 10.6. The lowest BCUT2D eigenvalue weighted by molar-refractivity contribution is -0.116. The van der Waals surface area contributed by atoms with Crippen LogP contribution < -0.4 is 10.1 Å². The largest absolute Gasteiger partial charge is 0.465 e. The van der Waals surface area contributed by atoms with Gasteiger partial charge in [0.05, 0.1) is 31.2 Å². The molecular formula is C24H25N3O5S. The number of esters is 1. The van der Waals surface area contributed by atoms with Crippen LogP contribution in [0.3, 0.4) is 0 Å². The van der Waals surface area contributed by atoms with E-state index in [1.54, 1.807) is 24.5 Å². The normalized spacial score (nSPS) is 14.5. The van der Waals surface area contributed by atoms with Gasteiger partial charge in [-0.05, 0) is 29.8 Å². The van der Waals surface area contributed by atoms with E-state index >= 15 is 0 Å². The molecule has 3 aromatic rings. The Balaban J connectivity index is 1.32. The molecule has 3 heterocycles. The highest BCUT2D eigenvalue weighted by Gasteiger charge is 2.14. The Bertz CT molecular complexity index is 1140. The second kappa shape index (κ2) is 11.0. The van der Waals surface area contributed by atoms with Crippen molar-refractivity contribution in [2.45, 2.75) is 0 Å². The third kappa shape index (κ3) is 6.16. The fourth-order valence-electron chi connectivity index (χ4n) is 3.39.